The van der Waals surface area contributed by atoms with Crippen molar-refractivity contribution in [3.63, 3.8) is 0 Å². The first-order valence-corrected chi connectivity index (χ1v) is 11.2. The first kappa shape index (κ1) is 21.7. The molecule has 0 spiro atoms. The third kappa shape index (κ3) is 4.00. The number of hydrogen-bond donors (Lipinski definition) is 0. The van der Waals surface area contributed by atoms with Gasteiger partial charge in [0.1, 0.15) is 5.75 Å². The molecule has 2 aliphatic heterocycles. The van der Waals surface area contributed by atoms with E-state index in [1.807, 2.05) is 39.9 Å². The SMILES string of the molecule is COc1cccc(-n2ccnc2N2CCN(C(=O)c3ccc(N4C(=O)CCC4=O)cc3)CC2)c1. The summed E-state index contributed by atoms with van der Waals surface area (Å²) in [5.41, 5.74) is 2.01. The highest BCUT2D eigenvalue weighted by atomic mass is 16.5. The summed E-state index contributed by atoms with van der Waals surface area (Å²) in [6, 6.07) is 14.5. The van der Waals surface area contributed by atoms with Crippen molar-refractivity contribution in [2.45, 2.75) is 12.8 Å². The number of imidazole rings is 1. The van der Waals surface area contributed by atoms with Crippen LogP contribution in [0.25, 0.3) is 5.69 Å². The van der Waals surface area contributed by atoms with Gasteiger partial charge in [-0.3, -0.25) is 23.9 Å². The highest BCUT2D eigenvalue weighted by molar-refractivity contribution is 6.19. The van der Waals surface area contributed by atoms with Gasteiger partial charge in [-0.2, -0.15) is 0 Å². The van der Waals surface area contributed by atoms with Crippen LogP contribution in [0.2, 0.25) is 0 Å². The predicted octanol–water partition coefficient (Wildman–Crippen LogP) is 2.50. The van der Waals surface area contributed by atoms with Crippen LogP contribution < -0.4 is 14.5 Å². The number of carbonyl (C=O) groups is 3. The first-order valence-electron chi connectivity index (χ1n) is 11.2. The third-order valence-corrected chi connectivity index (χ3v) is 6.23. The Balaban J connectivity index is 1.25. The van der Waals surface area contributed by atoms with E-state index in [-0.39, 0.29) is 30.6 Å². The number of anilines is 2. The van der Waals surface area contributed by atoms with Crippen molar-refractivity contribution < 1.29 is 19.1 Å². The molecule has 5 rings (SSSR count). The Labute approximate surface area is 197 Å². The van der Waals surface area contributed by atoms with Crippen LogP contribution in [0, 0.1) is 0 Å². The van der Waals surface area contributed by atoms with Gasteiger partial charge in [-0.25, -0.2) is 4.98 Å². The van der Waals surface area contributed by atoms with Crippen LogP contribution in [0.1, 0.15) is 23.2 Å². The van der Waals surface area contributed by atoms with Gasteiger partial charge in [0.25, 0.3) is 5.91 Å². The second kappa shape index (κ2) is 9.01. The van der Waals surface area contributed by atoms with E-state index in [4.69, 9.17) is 4.74 Å². The van der Waals surface area contributed by atoms with Crippen molar-refractivity contribution in [1.29, 1.82) is 0 Å². The van der Waals surface area contributed by atoms with Crippen molar-refractivity contribution in [2.75, 3.05) is 43.1 Å². The fourth-order valence-corrected chi connectivity index (χ4v) is 4.40. The van der Waals surface area contributed by atoms with Crippen molar-refractivity contribution in [2.24, 2.45) is 0 Å². The van der Waals surface area contributed by atoms with Crippen LogP contribution in [0.5, 0.6) is 5.75 Å². The van der Waals surface area contributed by atoms with E-state index in [0.717, 1.165) is 17.4 Å². The Bertz CT molecular complexity index is 1210. The Morgan fingerprint density at radius 2 is 1.62 bits per heavy atom. The third-order valence-electron chi connectivity index (χ3n) is 6.23. The lowest BCUT2D eigenvalue weighted by Gasteiger charge is -2.35. The maximum Gasteiger partial charge on any atom is 0.253 e. The second-order valence-electron chi connectivity index (χ2n) is 8.25. The summed E-state index contributed by atoms with van der Waals surface area (Å²) in [6.07, 6.45) is 4.16. The lowest BCUT2D eigenvalue weighted by atomic mass is 10.1. The van der Waals surface area contributed by atoms with E-state index < -0.39 is 0 Å². The highest BCUT2D eigenvalue weighted by Crippen LogP contribution is 2.25. The average molecular weight is 460 g/mol. The quantitative estimate of drug-likeness (QED) is 0.545. The Hall–Kier alpha value is -4.14. The van der Waals surface area contributed by atoms with Crippen LogP contribution in [0.3, 0.4) is 0 Å². The molecule has 0 bridgehead atoms. The topological polar surface area (TPSA) is 88.0 Å². The molecule has 0 radical (unpaired) electrons. The van der Waals surface area contributed by atoms with E-state index in [1.165, 1.54) is 4.90 Å². The molecular formula is C25H25N5O4. The minimum absolute atomic E-state index is 0.0681. The van der Waals surface area contributed by atoms with Crippen molar-refractivity contribution in [1.82, 2.24) is 14.5 Å². The molecule has 0 N–H and O–H groups in total. The van der Waals surface area contributed by atoms with Crippen molar-refractivity contribution >= 4 is 29.4 Å². The molecule has 0 saturated carbocycles. The van der Waals surface area contributed by atoms with Gasteiger partial charge in [-0.05, 0) is 36.4 Å². The molecular weight excluding hydrogens is 434 g/mol. The number of piperazine rings is 1. The minimum Gasteiger partial charge on any atom is -0.497 e. The van der Waals surface area contributed by atoms with E-state index in [2.05, 4.69) is 9.88 Å². The molecule has 34 heavy (non-hydrogen) atoms. The number of aromatic nitrogens is 2. The van der Waals surface area contributed by atoms with Gasteiger partial charge in [-0.15, -0.1) is 0 Å². The van der Waals surface area contributed by atoms with Gasteiger partial charge in [0.15, 0.2) is 0 Å². The molecule has 0 unspecified atom stereocenters. The summed E-state index contributed by atoms with van der Waals surface area (Å²) in [7, 11) is 1.64. The number of imide groups is 1. The van der Waals surface area contributed by atoms with Crippen LogP contribution in [0.4, 0.5) is 11.6 Å². The normalized spacial score (nSPS) is 16.3. The molecule has 174 valence electrons. The number of benzene rings is 2. The fraction of sp³-hybridized carbons (Fsp3) is 0.280. The Morgan fingerprint density at radius 3 is 2.29 bits per heavy atom. The zero-order valence-electron chi connectivity index (χ0n) is 18.9. The molecule has 0 atom stereocenters. The summed E-state index contributed by atoms with van der Waals surface area (Å²) in [5, 5.41) is 0. The molecule has 2 aliphatic rings. The average Bonchev–Trinajstić information content (AvgIpc) is 3.50. The summed E-state index contributed by atoms with van der Waals surface area (Å²) in [4.78, 5) is 46.6. The lowest BCUT2D eigenvalue weighted by molar-refractivity contribution is -0.121. The maximum atomic E-state index is 13.0. The standard InChI is InChI=1S/C25H25N5O4/c1-34-21-4-2-3-20(17-21)29-12-11-26-25(29)28-15-13-27(14-16-28)24(33)18-5-7-19(8-6-18)30-22(31)9-10-23(30)32/h2-8,11-12,17H,9-10,13-16H2,1H3. The van der Waals surface area contributed by atoms with E-state index in [9.17, 15) is 14.4 Å². The molecule has 2 aromatic carbocycles. The second-order valence-corrected chi connectivity index (χ2v) is 8.25. The van der Waals surface area contributed by atoms with Gasteiger partial charge in [0, 0.05) is 63.0 Å². The molecule has 2 fully saturated rings. The van der Waals surface area contributed by atoms with Gasteiger partial charge < -0.3 is 14.5 Å². The molecule has 1 aromatic heterocycles. The van der Waals surface area contributed by atoms with Crippen LogP contribution in [0.15, 0.2) is 60.9 Å². The number of ether oxygens (including phenoxy) is 1. The lowest BCUT2D eigenvalue weighted by Crippen LogP contribution is -2.49. The Morgan fingerprint density at radius 1 is 0.912 bits per heavy atom. The zero-order valence-corrected chi connectivity index (χ0v) is 18.9. The number of carbonyl (C=O) groups excluding carboxylic acids is 3. The zero-order chi connectivity index (χ0) is 23.7. The van der Waals surface area contributed by atoms with Crippen LogP contribution in [-0.2, 0) is 9.59 Å². The van der Waals surface area contributed by atoms with Gasteiger partial charge in [0.05, 0.1) is 18.5 Å². The van der Waals surface area contributed by atoms with Gasteiger partial charge >= 0.3 is 0 Å². The fourth-order valence-electron chi connectivity index (χ4n) is 4.40. The van der Waals surface area contributed by atoms with Gasteiger partial charge in [0.2, 0.25) is 17.8 Å². The van der Waals surface area contributed by atoms with Crippen LogP contribution in [-0.4, -0.2) is 65.5 Å². The molecule has 0 aliphatic carbocycles. The highest BCUT2D eigenvalue weighted by Gasteiger charge is 2.30. The molecule has 9 heteroatoms. The number of rotatable bonds is 5. The largest absolute Gasteiger partial charge is 0.497 e. The van der Waals surface area contributed by atoms with E-state index >= 15 is 0 Å². The maximum absolute atomic E-state index is 13.0. The number of hydrogen-bond acceptors (Lipinski definition) is 6. The Kier molecular flexibility index (Phi) is 5.75. The van der Waals surface area contributed by atoms with Crippen molar-refractivity contribution in [3.05, 3.63) is 66.5 Å². The van der Waals surface area contributed by atoms with E-state index in [1.54, 1.807) is 37.6 Å². The monoisotopic (exact) mass is 459 g/mol. The smallest absolute Gasteiger partial charge is 0.253 e. The summed E-state index contributed by atoms with van der Waals surface area (Å²) >= 11 is 0. The van der Waals surface area contributed by atoms with Crippen molar-refractivity contribution in [3.8, 4) is 11.4 Å². The van der Waals surface area contributed by atoms with Crippen LogP contribution >= 0.6 is 0 Å². The molecule has 3 aromatic rings. The summed E-state index contributed by atoms with van der Waals surface area (Å²) in [5.74, 6) is 1.13. The summed E-state index contributed by atoms with van der Waals surface area (Å²) < 4.78 is 7.35. The molecule has 3 heterocycles. The molecule has 3 amide bonds. The van der Waals surface area contributed by atoms with E-state index in [0.29, 0.717) is 37.4 Å². The number of amides is 3. The number of methoxy groups -OCH3 is 1. The minimum atomic E-state index is -0.201. The summed E-state index contributed by atoms with van der Waals surface area (Å²) in [6.45, 7) is 2.44. The molecule has 2 saturated heterocycles. The molecule has 9 nitrogen and oxygen atoms in total. The predicted molar refractivity (Wildman–Crippen MR) is 126 cm³/mol. The first-order chi connectivity index (χ1) is 16.5. The van der Waals surface area contributed by atoms with Gasteiger partial charge in [-0.1, -0.05) is 6.07 Å². The number of nitrogens with zero attached hydrogens (tertiary/aromatic N) is 5.